The van der Waals surface area contributed by atoms with Gasteiger partial charge in [-0.25, -0.2) is 0 Å². The van der Waals surface area contributed by atoms with Crippen molar-refractivity contribution in [2.45, 2.75) is 32.0 Å². The molecule has 1 saturated heterocycles. The molecule has 0 unspecified atom stereocenters. The molecular formula is C27H26N4O3. The normalized spacial score (nSPS) is 15.6. The van der Waals surface area contributed by atoms with Crippen molar-refractivity contribution in [2.75, 3.05) is 19.9 Å². The summed E-state index contributed by atoms with van der Waals surface area (Å²) in [6.45, 7) is 3.28. The van der Waals surface area contributed by atoms with E-state index in [1.165, 1.54) is 0 Å². The Bertz CT molecular complexity index is 1200. The van der Waals surface area contributed by atoms with Gasteiger partial charge < -0.3 is 14.4 Å². The molecule has 7 nitrogen and oxygen atoms in total. The predicted molar refractivity (Wildman–Crippen MR) is 126 cm³/mol. The molecule has 3 aromatic rings. The van der Waals surface area contributed by atoms with Crippen LogP contribution in [0.25, 0.3) is 0 Å². The number of ether oxygens (including phenoxy) is 2. The van der Waals surface area contributed by atoms with Crippen molar-refractivity contribution in [3.8, 4) is 17.6 Å². The maximum atomic E-state index is 13.7. The molecule has 0 radical (unpaired) electrons. The van der Waals surface area contributed by atoms with Gasteiger partial charge in [0.25, 0.3) is 5.91 Å². The fourth-order valence-corrected chi connectivity index (χ4v) is 4.64. The lowest BCUT2D eigenvalue weighted by atomic mass is 10.00. The zero-order chi connectivity index (χ0) is 23.3. The number of benzene rings is 2. The van der Waals surface area contributed by atoms with Crippen molar-refractivity contribution < 1.29 is 14.3 Å². The van der Waals surface area contributed by atoms with E-state index in [0.717, 1.165) is 43.6 Å². The van der Waals surface area contributed by atoms with Crippen molar-refractivity contribution in [3.05, 3.63) is 89.2 Å². The molecular weight excluding hydrogens is 428 g/mol. The van der Waals surface area contributed by atoms with Crippen molar-refractivity contribution in [2.24, 2.45) is 0 Å². The average molecular weight is 455 g/mol. The first-order chi connectivity index (χ1) is 16.7. The highest BCUT2D eigenvalue weighted by Gasteiger charge is 2.30. The zero-order valence-electron chi connectivity index (χ0n) is 18.9. The lowest BCUT2D eigenvalue weighted by Gasteiger charge is -2.38. The lowest BCUT2D eigenvalue weighted by Crippen LogP contribution is -2.46. The van der Waals surface area contributed by atoms with Gasteiger partial charge in [0, 0.05) is 50.2 Å². The molecule has 5 rings (SSSR count). The van der Waals surface area contributed by atoms with Crippen LogP contribution in [0.2, 0.25) is 0 Å². The number of hydrogen-bond donors (Lipinski definition) is 0. The van der Waals surface area contributed by atoms with Gasteiger partial charge in [0.1, 0.15) is 0 Å². The number of rotatable bonds is 6. The highest BCUT2D eigenvalue weighted by Crippen LogP contribution is 2.33. The van der Waals surface area contributed by atoms with Crippen LogP contribution in [0.15, 0.2) is 67.0 Å². The van der Waals surface area contributed by atoms with Crippen LogP contribution in [-0.2, 0) is 13.1 Å². The number of pyridine rings is 1. The number of nitriles is 1. The maximum absolute atomic E-state index is 13.7. The Kier molecular flexibility index (Phi) is 6.41. The van der Waals surface area contributed by atoms with Gasteiger partial charge in [-0.2, -0.15) is 5.26 Å². The second kappa shape index (κ2) is 9.94. The van der Waals surface area contributed by atoms with Gasteiger partial charge in [0.2, 0.25) is 6.79 Å². The number of piperidine rings is 1. The van der Waals surface area contributed by atoms with E-state index in [1.807, 2.05) is 47.5 Å². The minimum Gasteiger partial charge on any atom is -0.454 e. The SMILES string of the molecule is N#Cc1cccc(CN2CCC(N(Cc3cccnc3)C(=O)c3ccc4c(c3)OCO4)CC2)c1. The Hall–Kier alpha value is -3.89. The Morgan fingerprint density at radius 1 is 1.06 bits per heavy atom. The molecule has 0 N–H and O–H groups in total. The number of amides is 1. The minimum atomic E-state index is -0.0117. The Labute approximate surface area is 199 Å². The highest BCUT2D eigenvalue weighted by molar-refractivity contribution is 5.95. The molecule has 172 valence electrons. The van der Waals surface area contributed by atoms with Gasteiger partial charge in [0.05, 0.1) is 11.6 Å². The van der Waals surface area contributed by atoms with Gasteiger partial charge >= 0.3 is 0 Å². The summed E-state index contributed by atoms with van der Waals surface area (Å²) in [7, 11) is 0. The number of hydrogen-bond acceptors (Lipinski definition) is 6. The first-order valence-electron chi connectivity index (χ1n) is 11.5. The summed E-state index contributed by atoms with van der Waals surface area (Å²) in [5.41, 5.74) is 3.43. The summed E-state index contributed by atoms with van der Waals surface area (Å²) in [4.78, 5) is 22.2. The lowest BCUT2D eigenvalue weighted by molar-refractivity contribution is 0.0542. The largest absolute Gasteiger partial charge is 0.454 e. The van der Waals surface area contributed by atoms with Crippen LogP contribution in [0.3, 0.4) is 0 Å². The summed E-state index contributed by atoms with van der Waals surface area (Å²) in [6.07, 6.45) is 5.33. The highest BCUT2D eigenvalue weighted by atomic mass is 16.7. The third-order valence-corrected chi connectivity index (χ3v) is 6.42. The average Bonchev–Trinajstić information content (AvgIpc) is 3.36. The van der Waals surface area contributed by atoms with Crippen molar-refractivity contribution in [3.63, 3.8) is 0 Å². The van der Waals surface area contributed by atoms with E-state index < -0.39 is 0 Å². The fraction of sp³-hybridized carbons (Fsp3) is 0.296. The van der Waals surface area contributed by atoms with Crippen LogP contribution in [0.5, 0.6) is 11.5 Å². The molecule has 1 fully saturated rings. The molecule has 2 aliphatic heterocycles. The number of fused-ring (bicyclic) bond motifs is 1. The van der Waals surface area contributed by atoms with Crippen LogP contribution >= 0.6 is 0 Å². The number of carbonyl (C=O) groups is 1. The van der Waals surface area contributed by atoms with Crippen LogP contribution in [0.1, 0.15) is 39.9 Å². The third-order valence-electron chi connectivity index (χ3n) is 6.42. The summed E-state index contributed by atoms with van der Waals surface area (Å²) < 4.78 is 10.9. The second-order valence-corrected chi connectivity index (χ2v) is 8.68. The van der Waals surface area contributed by atoms with Crippen LogP contribution in [-0.4, -0.2) is 46.6 Å². The first-order valence-corrected chi connectivity index (χ1v) is 11.5. The summed E-state index contributed by atoms with van der Waals surface area (Å²) in [5.74, 6) is 1.27. The Balaban J connectivity index is 1.30. The number of nitrogens with zero attached hydrogens (tertiary/aromatic N) is 4. The van der Waals surface area contributed by atoms with E-state index in [-0.39, 0.29) is 18.7 Å². The molecule has 0 aliphatic carbocycles. The smallest absolute Gasteiger partial charge is 0.254 e. The summed E-state index contributed by atoms with van der Waals surface area (Å²) in [6, 6.07) is 19.4. The van der Waals surface area contributed by atoms with E-state index in [9.17, 15) is 4.79 Å². The summed E-state index contributed by atoms with van der Waals surface area (Å²) >= 11 is 0. The molecule has 7 heteroatoms. The van der Waals surface area contributed by atoms with Gasteiger partial charge in [-0.3, -0.25) is 14.7 Å². The molecule has 0 saturated carbocycles. The number of aromatic nitrogens is 1. The zero-order valence-corrected chi connectivity index (χ0v) is 18.9. The maximum Gasteiger partial charge on any atom is 0.254 e. The predicted octanol–water partition coefficient (Wildman–Crippen LogP) is 3.99. The molecule has 2 aromatic carbocycles. The molecule has 3 heterocycles. The summed E-state index contributed by atoms with van der Waals surface area (Å²) in [5, 5.41) is 9.16. The molecule has 1 aromatic heterocycles. The van der Waals surface area contributed by atoms with Gasteiger partial charge in [-0.1, -0.05) is 18.2 Å². The van der Waals surface area contributed by atoms with Crippen LogP contribution < -0.4 is 9.47 Å². The molecule has 1 amide bonds. The van der Waals surface area contributed by atoms with Gasteiger partial charge in [-0.05, 0) is 60.4 Å². The van der Waals surface area contributed by atoms with Gasteiger partial charge in [0.15, 0.2) is 11.5 Å². The molecule has 0 bridgehead atoms. The fourth-order valence-electron chi connectivity index (χ4n) is 4.64. The van der Waals surface area contributed by atoms with E-state index in [4.69, 9.17) is 14.7 Å². The van der Waals surface area contributed by atoms with Crippen molar-refractivity contribution in [1.29, 1.82) is 5.26 Å². The van der Waals surface area contributed by atoms with Crippen molar-refractivity contribution >= 4 is 5.91 Å². The standard InChI is InChI=1S/C27H26N4O3/c28-15-20-3-1-4-21(13-20)17-30-11-8-24(9-12-30)31(18-22-5-2-10-29-16-22)27(32)23-6-7-25-26(14-23)34-19-33-25/h1-7,10,13-14,16,24H,8-9,11-12,17-19H2. The number of carbonyl (C=O) groups excluding carboxylic acids is 1. The van der Waals surface area contributed by atoms with Crippen LogP contribution in [0.4, 0.5) is 0 Å². The quantitative estimate of drug-likeness (QED) is 0.561. The minimum absolute atomic E-state index is 0.0117. The third kappa shape index (κ3) is 4.87. The topological polar surface area (TPSA) is 78.7 Å². The molecule has 0 atom stereocenters. The Morgan fingerprint density at radius 3 is 2.68 bits per heavy atom. The van der Waals surface area contributed by atoms with E-state index in [0.29, 0.717) is 29.2 Å². The number of likely N-dealkylation sites (tertiary alicyclic amines) is 1. The molecule has 34 heavy (non-hydrogen) atoms. The van der Waals surface area contributed by atoms with Crippen LogP contribution in [0, 0.1) is 11.3 Å². The first kappa shape index (κ1) is 21.9. The molecule has 2 aliphatic rings. The molecule has 0 spiro atoms. The second-order valence-electron chi connectivity index (χ2n) is 8.68. The van der Waals surface area contributed by atoms with E-state index in [2.05, 4.69) is 22.0 Å². The van der Waals surface area contributed by atoms with E-state index in [1.54, 1.807) is 18.3 Å². The van der Waals surface area contributed by atoms with Crippen molar-refractivity contribution in [1.82, 2.24) is 14.8 Å². The monoisotopic (exact) mass is 454 g/mol. The Morgan fingerprint density at radius 2 is 1.88 bits per heavy atom. The van der Waals surface area contributed by atoms with E-state index >= 15 is 0 Å². The van der Waals surface area contributed by atoms with Gasteiger partial charge in [-0.15, -0.1) is 0 Å².